The summed E-state index contributed by atoms with van der Waals surface area (Å²) in [5.41, 5.74) is 3.72. The van der Waals surface area contributed by atoms with Crippen molar-refractivity contribution in [3.05, 3.63) is 83.3 Å². The molecule has 0 unspecified atom stereocenters. The van der Waals surface area contributed by atoms with Gasteiger partial charge in [-0.15, -0.1) is 0 Å². The SMILES string of the molecule is Cc1cccc(N2CCN(C(=O)c3ccc(CS(=O)(=O)c4ccccc4)o3)CC2)c1C. The van der Waals surface area contributed by atoms with Crippen LogP contribution in [-0.4, -0.2) is 45.4 Å². The molecule has 3 aromatic rings. The van der Waals surface area contributed by atoms with Gasteiger partial charge in [0, 0.05) is 31.9 Å². The lowest BCUT2D eigenvalue weighted by Crippen LogP contribution is -2.49. The van der Waals surface area contributed by atoms with E-state index >= 15 is 0 Å². The molecule has 1 aliphatic heterocycles. The Morgan fingerprint density at radius 2 is 1.61 bits per heavy atom. The third-order valence-electron chi connectivity index (χ3n) is 5.79. The molecule has 0 spiro atoms. The van der Waals surface area contributed by atoms with Crippen LogP contribution in [0.5, 0.6) is 0 Å². The third-order valence-corrected chi connectivity index (χ3v) is 7.45. The van der Waals surface area contributed by atoms with Crippen molar-refractivity contribution in [2.45, 2.75) is 24.5 Å². The number of aryl methyl sites for hydroxylation is 1. The minimum atomic E-state index is -3.52. The van der Waals surface area contributed by atoms with Gasteiger partial charge in [0.2, 0.25) is 0 Å². The Labute approximate surface area is 183 Å². The van der Waals surface area contributed by atoms with Crippen molar-refractivity contribution in [1.29, 1.82) is 0 Å². The number of benzene rings is 2. The summed E-state index contributed by atoms with van der Waals surface area (Å²) in [6, 6.07) is 17.7. The van der Waals surface area contributed by atoms with E-state index in [-0.39, 0.29) is 28.1 Å². The quantitative estimate of drug-likeness (QED) is 0.605. The molecule has 0 atom stereocenters. The second kappa shape index (κ2) is 8.59. The van der Waals surface area contributed by atoms with Crippen LogP contribution in [0.1, 0.15) is 27.4 Å². The van der Waals surface area contributed by atoms with Gasteiger partial charge in [-0.2, -0.15) is 0 Å². The number of amides is 1. The average Bonchev–Trinajstić information content (AvgIpc) is 3.24. The fraction of sp³-hybridized carbons (Fsp3) is 0.292. The third kappa shape index (κ3) is 4.51. The highest BCUT2D eigenvalue weighted by atomic mass is 32.2. The van der Waals surface area contributed by atoms with E-state index in [0.29, 0.717) is 13.1 Å². The first-order valence-electron chi connectivity index (χ1n) is 10.3. The van der Waals surface area contributed by atoms with E-state index in [0.717, 1.165) is 13.1 Å². The summed E-state index contributed by atoms with van der Waals surface area (Å²) in [5.74, 6) is -0.0336. The topological polar surface area (TPSA) is 70.8 Å². The molecule has 7 heteroatoms. The fourth-order valence-corrected chi connectivity index (χ4v) is 5.12. The standard InChI is InChI=1S/C24H26N2O4S/c1-18-7-6-10-22(19(18)2)25-13-15-26(16-14-25)24(27)23-12-11-20(30-23)17-31(28,29)21-8-4-3-5-9-21/h3-12H,13-17H2,1-2H3. The maximum absolute atomic E-state index is 12.9. The number of anilines is 1. The Morgan fingerprint density at radius 1 is 0.903 bits per heavy atom. The summed E-state index contributed by atoms with van der Waals surface area (Å²) in [6.07, 6.45) is 0. The lowest BCUT2D eigenvalue weighted by Gasteiger charge is -2.36. The zero-order chi connectivity index (χ0) is 22.0. The Bertz CT molecular complexity index is 1180. The molecule has 31 heavy (non-hydrogen) atoms. The molecule has 2 aromatic carbocycles. The lowest BCUT2D eigenvalue weighted by atomic mass is 10.1. The van der Waals surface area contributed by atoms with Crippen LogP contribution in [0, 0.1) is 13.8 Å². The lowest BCUT2D eigenvalue weighted by molar-refractivity contribution is 0.0713. The molecular formula is C24H26N2O4S. The minimum absolute atomic E-state index is 0.179. The maximum atomic E-state index is 12.9. The number of nitrogens with zero attached hydrogens (tertiary/aromatic N) is 2. The van der Waals surface area contributed by atoms with Crippen molar-refractivity contribution in [3.8, 4) is 0 Å². The van der Waals surface area contributed by atoms with E-state index in [4.69, 9.17) is 4.42 Å². The van der Waals surface area contributed by atoms with E-state index in [2.05, 4.69) is 36.9 Å². The highest BCUT2D eigenvalue weighted by Crippen LogP contribution is 2.25. The highest BCUT2D eigenvalue weighted by Gasteiger charge is 2.26. The van der Waals surface area contributed by atoms with Gasteiger partial charge in [-0.05, 0) is 55.3 Å². The molecule has 1 saturated heterocycles. The number of hydrogen-bond acceptors (Lipinski definition) is 5. The number of hydrogen-bond donors (Lipinski definition) is 0. The zero-order valence-electron chi connectivity index (χ0n) is 17.7. The summed E-state index contributed by atoms with van der Waals surface area (Å²) in [4.78, 5) is 17.2. The van der Waals surface area contributed by atoms with Gasteiger partial charge in [-0.25, -0.2) is 8.42 Å². The molecule has 0 aliphatic carbocycles. The number of carbonyl (C=O) groups is 1. The van der Waals surface area contributed by atoms with Gasteiger partial charge in [-0.3, -0.25) is 4.79 Å². The molecule has 1 fully saturated rings. The van der Waals surface area contributed by atoms with E-state index in [1.165, 1.54) is 16.8 Å². The van der Waals surface area contributed by atoms with Crippen LogP contribution < -0.4 is 4.90 Å². The predicted molar refractivity (Wildman–Crippen MR) is 120 cm³/mol. The Morgan fingerprint density at radius 3 is 2.32 bits per heavy atom. The molecule has 1 aromatic heterocycles. The Balaban J connectivity index is 1.40. The van der Waals surface area contributed by atoms with Crippen molar-refractivity contribution in [1.82, 2.24) is 4.90 Å². The molecule has 0 saturated carbocycles. The van der Waals surface area contributed by atoms with Crippen LogP contribution in [0.4, 0.5) is 5.69 Å². The van der Waals surface area contributed by atoms with Crippen LogP contribution in [0.3, 0.4) is 0 Å². The van der Waals surface area contributed by atoms with Crippen molar-refractivity contribution in [2.24, 2.45) is 0 Å². The molecule has 162 valence electrons. The predicted octanol–water partition coefficient (Wildman–Crippen LogP) is 3.83. The van der Waals surface area contributed by atoms with Crippen LogP contribution in [0.2, 0.25) is 0 Å². The Hall–Kier alpha value is -3.06. The number of carbonyl (C=O) groups excluding carboxylic acids is 1. The average molecular weight is 439 g/mol. The van der Waals surface area contributed by atoms with E-state index in [1.807, 2.05) is 0 Å². The van der Waals surface area contributed by atoms with Gasteiger partial charge in [0.1, 0.15) is 11.5 Å². The number of rotatable bonds is 5. The summed E-state index contributed by atoms with van der Waals surface area (Å²) in [5, 5.41) is 0. The molecule has 1 aliphatic rings. The number of piperazine rings is 1. The van der Waals surface area contributed by atoms with Crippen molar-refractivity contribution in [3.63, 3.8) is 0 Å². The van der Waals surface area contributed by atoms with E-state index < -0.39 is 9.84 Å². The summed E-state index contributed by atoms with van der Waals surface area (Å²) >= 11 is 0. The molecule has 4 rings (SSSR count). The van der Waals surface area contributed by atoms with Gasteiger partial charge in [0.25, 0.3) is 5.91 Å². The fourth-order valence-electron chi connectivity index (χ4n) is 3.85. The van der Waals surface area contributed by atoms with Gasteiger partial charge in [0.15, 0.2) is 15.6 Å². The van der Waals surface area contributed by atoms with Gasteiger partial charge < -0.3 is 14.2 Å². The van der Waals surface area contributed by atoms with Crippen molar-refractivity contribution < 1.29 is 17.6 Å². The first-order valence-corrected chi connectivity index (χ1v) is 12.0. The first kappa shape index (κ1) is 21.2. The second-order valence-corrected chi connectivity index (χ2v) is 9.83. The highest BCUT2D eigenvalue weighted by molar-refractivity contribution is 7.90. The maximum Gasteiger partial charge on any atom is 0.289 e. The molecule has 0 N–H and O–H groups in total. The van der Waals surface area contributed by atoms with E-state index in [9.17, 15) is 13.2 Å². The van der Waals surface area contributed by atoms with Gasteiger partial charge in [-0.1, -0.05) is 30.3 Å². The number of sulfone groups is 1. The van der Waals surface area contributed by atoms with Crippen molar-refractivity contribution in [2.75, 3.05) is 31.1 Å². The second-order valence-electron chi connectivity index (χ2n) is 7.84. The Kier molecular flexibility index (Phi) is 5.87. The summed E-state index contributed by atoms with van der Waals surface area (Å²) in [7, 11) is -3.52. The largest absolute Gasteiger partial charge is 0.455 e. The van der Waals surface area contributed by atoms with Gasteiger partial charge >= 0.3 is 0 Å². The molecule has 2 heterocycles. The van der Waals surface area contributed by atoms with Crippen LogP contribution in [0.25, 0.3) is 0 Å². The minimum Gasteiger partial charge on any atom is -0.455 e. The smallest absolute Gasteiger partial charge is 0.289 e. The first-order chi connectivity index (χ1) is 14.8. The number of furan rings is 1. The normalized spacial score (nSPS) is 14.6. The van der Waals surface area contributed by atoms with Crippen LogP contribution in [0.15, 0.2) is 70.0 Å². The van der Waals surface area contributed by atoms with Crippen LogP contribution >= 0.6 is 0 Å². The summed E-state index contributed by atoms with van der Waals surface area (Å²) < 4.78 is 30.7. The van der Waals surface area contributed by atoms with E-state index in [1.54, 1.807) is 47.4 Å². The molecule has 1 amide bonds. The molecule has 0 radical (unpaired) electrons. The van der Waals surface area contributed by atoms with Gasteiger partial charge in [0.05, 0.1) is 4.90 Å². The molecule has 0 bridgehead atoms. The molecular weight excluding hydrogens is 412 g/mol. The zero-order valence-corrected chi connectivity index (χ0v) is 18.6. The monoisotopic (exact) mass is 438 g/mol. The molecule has 6 nitrogen and oxygen atoms in total. The van der Waals surface area contributed by atoms with Crippen molar-refractivity contribution >= 4 is 21.4 Å². The summed E-state index contributed by atoms with van der Waals surface area (Å²) in [6.45, 7) is 6.88. The van der Waals surface area contributed by atoms with Crippen LogP contribution in [-0.2, 0) is 15.6 Å².